The van der Waals surface area contributed by atoms with Gasteiger partial charge in [0, 0.05) is 19.3 Å². The number of carbonyl (C=O) groups is 1. The molecule has 0 unspecified atom stereocenters. The summed E-state index contributed by atoms with van der Waals surface area (Å²) in [5.41, 5.74) is 7.09. The van der Waals surface area contributed by atoms with Gasteiger partial charge < -0.3 is 15.7 Å². The summed E-state index contributed by atoms with van der Waals surface area (Å²) in [7, 11) is 1.62. The summed E-state index contributed by atoms with van der Waals surface area (Å²) in [6.45, 7) is 0.328. The molecule has 5 heteroatoms. The molecule has 0 atom stereocenters. The fraction of sp³-hybridized carbons (Fsp3) is 0.133. The summed E-state index contributed by atoms with van der Waals surface area (Å²) >= 11 is 0. The number of hydrogen-bond donors (Lipinski definition) is 2. The summed E-state index contributed by atoms with van der Waals surface area (Å²) in [6, 6.07) is 10.2. The summed E-state index contributed by atoms with van der Waals surface area (Å²) in [4.78, 5) is 13.7. The van der Waals surface area contributed by atoms with E-state index in [1.807, 2.05) is 0 Å². The van der Waals surface area contributed by atoms with E-state index in [-0.39, 0.29) is 23.0 Å². The minimum absolute atomic E-state index is 0.0160. The lowest BCUT2D eigenvalue weighted by Gasteiger charge is -2.18. The van der Waals surface area contributed by atoms with Gasteiger partial charge in [-0.05, 0) is 35.9 Å². The highest BCUT2D eigenvalue weighted by Gasteiger charge is 2.15. The molecule has 0 heterocycles. The van der Waals surface area contributed by atoms with Gasteiger partial charge in [0.1, 0.15) is 11.6 Å². The van der Waals surface area contributed by atoms with Crippen molar-refractivity contribution in [3.8, 4) is 5.75 Å². The largest absolute Gasteiger partial charge is 0.508 e. The minimum atomic E-state index is -0.319. The number of amides is 1. The number of rotatable bonds is 3. The van der Waals surface area contributed by atoms with Gasteiger partial charge in [0.15, 0.2) is 0 Å². The first kappa shape index (κ1) is 13.9. The molecule has 0 bridgehead atoms. The van der Waals surface area contributed by atoms with Crippen LogP contribution in [0.2, 0.25) is 0 Å². The van der Waals surface area contributed by atoms with E-state index in [1.54, 1.807) is 19.2 Å². The number of benzene rings is 2. The molecule has 3 N–H and O–H groups in total. The number of anilines is 1. The number of carbonyl (C=O) groups excluding carboxylic acids is 1. The van der Waals surface area contributed by atoms with Crippen molar-refractivity contribution in [3.63, 3.8) is 0 Å². The third-order valence-electron chi connectivity index (χ3n) is 2.95. The van der Waals surface area contributed by atoms with Crippen LogP contribution in [-0.2, 0) is 6.54 Å². The van der Waals surface area contributed by atoms with Crippen molar-refractivity contribution in [3.05, 3.63) is 59.4 Å². The number of phenols is 1. The highest BCUT2D eigenvalue weighted by molar-refractivity contribution is 5.99. The lowest BCUT2D eigenvalue weighted by molar-refractivity contribution is 0.0785. The molecule has 0 aromatic heterocycles. The van der Waals surface area contributed by atoms with Gasteiger partial charge in [0.05, 0.1) is 5.56 Å². The van der Waals surface area contributed by atoms with Crippen LogP contribution < -0.4 is 5.73 Å². The number of phenolic OH excluding ortho intramolecular Hbond substituents is 1. The molecule has 1 amide bonds. The Morgan fingerprint density at radius 3 is 2.55 bits per heavy atom. The Bertz CT molecular complexity index is 626. The van der Waals surface area contributed by atoms with Gasteiger partial charge in [-0.1, -0.05) is 12.1 Å². The topological polar surface area (TPSA) is 66.6 Å². The highest BCUT2D eigenvalue weighted by atomic mass is 19.1. The molecule has 104 valence electrons. The molecule has 2 rings (SSSR count). The van der Waals surface area contributed by atoms with Crippen molar-refractivity contribution < 1.29 is 14.3 Å². The summed E-state index contributed by atoms with van der Waals surface area (Å²) in [5, 5.41) is 9.42. The van der Waals surface area contributed by atoms with Crippen LogP contribution in [0.1, 0.15) is 15.9 Å². The van der Waals surface area contributed by atoms with E-state index < -0.39 is 0 Å². The SMILES string of the molecule is CN(Cc1ccc(F)cc1)C(=O)c1cc(O)ccc1N. The van der Waals surface area contributed by atoms with Crippen molar-refractivity contribution in [2.75, 3.05) is 12.8 Å². The molecule has 20 heavy (non-hydrogen) atoms. The molecule has 4 nitrogen and oxygen atoms in total. The van der Waals surface area contributed by atoms with Gasteiger partial charge in [-0.3, -0.25) is 4.79 Å². The summed E-state index contributed by atoms with van der Waals surface area (Å²) in [6.07, 6.45) is 0. The first-order valence-electron chi connectivity index (χ1n) is 6.06. The molecule has 0 aliphatic carbocycles. The maximum absolute atomic E-state index is 12.8. The number of nitrogen functional groups attached to an aromatic ring is 1. The van der Waals surface area contributed by atoms with E-state index in [0.717, 1.165) is 5.56 Å². The van der Waals surface area contributed by atoms with E-state index >= 15 is 0 Å². The molecule has 0 spiro atoms. The van der Waals surface area contributed by atoms with E-state index in [1.165, 1.54) is 35.2 Å². The molecule has 0 saturated heterocycles. The zero-order valence-electron chi connectivity index (χ0n) is 11.0. The molecule has 0 aliphatic rings. The van der Waals surface area contributed by atoms with E-state index in [2.05, 4.69) is 0 Å². The number of hydrogen-bond acceptors (Lipinski definition) is 3. The van der Waals surface area contributed by atoms with Gasteiger partial charge in [0.2, 0.25) is 0 Å². The number of halogens is 1. The molecule has 0 fully saturated rings. The second kappa shape index (κ2) is 5.61. The number of nitrogens with two attached hydrogens (primary N) is 1. The fourth-order valence-electron chi connectivity index (χ4n) is 1.87. The van der Waals surface area contributed by atoms with Crippen LogP contribution in [0, 0.1) is 5.82 Å². The van der Waals surface area contributed by atoms with E-state index in [0.29, 0.717) is 12.2 Å². The third-order valence-corrected chi connectivity index (χ3v) is 2.95. The zero-order chi connectivity index (χ0) is 14.7. The molecular formula is C15H15FN2O2. The van der Waals surface area contributed by atoms with E-state index in [9.17, 15) is 14.3 Å². The first-order chi connectivity index (χ1) is 9.47. The second-order valence-electron chi connectivity index (χ2n) is 4.56. The van der Waals surface area contributed by atoms with Gasteiger partial charge in [-0.2, -0.15) is 0 Å². The molecule has 0 aliphatic heterocycles. The van der Waals surface area contributed by atoms with Gasteiger partial charge >= 0.3 is 0 Å². The van der Waals surface area contributed by atoms with Crippen LogP contribution in [0.25, 0.3) is 0 Å². The van der Waals surface area contributed by atoms with E-state index in [4.69, 9.17) is 5.73 Å². The van der Waals surface area contributed by atoms with Crippen molar-refractivity contribution in [1.29, 1.82) is 0 Å². The van der Waals surface area contributed by atoms with Gasteiger partial charge in [-0.25, -0.2) is 4.39 Å². The Morgan fingerprint density at radius 1 is 1.25 bits per heavy atom. The molecule has 0 saturated carbocycles. The maximum atomic E-state index is 12.8. The first-order valence-corrected chi connectivity index (χ1v) is 6.06. The lowest BCUT2D eigenvalue weighted by Crippen LogP contribution is -2.26. The van der Waals surface area contributed by atoms with Crippen LogP contribution in [0.15, 0.2) is 42.5 Å². The number of nitrogens with zero attached hydrogens (tertiary/aromatic N) is 1. The average molecular weight is 274 g/mol. The average Bonchev–Trinajstić information content (AvgIpc) is 2.43. The van der Waals surface area contributed by atoms with Crippen molar-refractivity contribution in [2.45, 2.75) is 6.54 Å². The van der Waals surface area contributed by atoms with Crippen molar-refractivity contribution in [1.82, 2.24) is 4.90 Å². The summed E-state index contributed by atoms with van der Waals surface area (Å²) in [5.74, 6) is -0.639. The van der Waals surface area contributed by atoms with Gasteiger partial charge in [-0.15, -0.1) is 0 Å². The quantitative estimate of drug-likeness (QED) is 0.667. The van der Waals surface area contributed by atoms with Crippen LogP contribution in [0.3, 0.4) is 0 Å². The fourth-order valence-corrected chi connectivity index (χ4v) is 1.87. The normalized spacial score (nSPS) is 10.3. The minimum Gasteiger partial charge on any atom is -0.508 e. The maximum Gasteiger partial charge on any atom is 0.256 e. The van der Waals surface area contributed by atoms with Crippen molar-refractivity contribution >= 4 is 11.6 Å². The molecule has 2 aromatic carbocycles. The molecule has 0 radical (unpaired) electrons. The predicted molar refractivity (Wildman–Crippen MR) is 74.7 cm³/mol. The number of aromatic hydroxyl groups is 1. The standard InChI is InChI=1S/C15H15FN2O2/c1-18(9-10-2-4-11(16)5-3-10)15(20)13-8-12(19)6-7-14(13)17/h2-8,19H,9,17H2,1H3. The smallest absolute Gasteiger partial charge is 0.256 e. The zero-order valence-corrected chi connectivity index (χ0v) is 11.0. The molecule has 2 aromatic rings. The lowest BCUT2D eigenvalue weighted by atomic mass is 10.1. The van der Waals surface area contributed by atoms with Crippen molar-refractivity contribution in [2.24, 2.45) is 0 Å². The third kappa shape index (κ3) is 3.06. The summed E-state index contributed by atoms with van der Waals surface area (Å²) < 4.78 is 12.8. The monoisotopic (exact) mass is 274 g/mol. The molecular weight excluding hydrogens is 259 g/mol. The van der Waals surface area contributed by atoms with Crippen LogP contribution in [-0.4, -0.2) is 23.0 Å². The van der Waals surface area contributed by atoms with Crippen LogP contribution >= 0.6 is 0 Å². The predicted octanol–water partition coefficient (Wildman–Crippen LogP) is 2.39. The van der Waals surface area contributed by atoms with Crippen LogP contribution in [0.4, 0.5) is 10.1 Å². The van der Waals surface area contributed by atoms with Gasteiger partial charge in [0.25, 0.3) is 5.91 Å². The Balaban J connectivity index is 2.16. The van der Waals surface area contributed by atoms with Crippen LogP contribution in [0.5, 0.6) is 5.75 Å². The Hall–Kier alpha value is -2.56. The second-order valence-corrected chi connectivity index (χ2v) is 4.56. The highest BCUT2D eigenvalue weighted by Crippen LogP contribution is 2.20. The Labute approximate surface area is 116 Å². The Morgan fingerprint density at radius 2 is 1.90 bits per heavy atom. The Kier molecular flexibility index (Phi) is 3.89.